The normalized spacial score (nSPS) is 18.4. The first-order valence-electron chi connectivity index (χ1n) is 13.1. The SMILES string of the molecule is Cc1[nH]c(/C=C2\C(=O)Nc3ccc(S(=O)(=O)N4CCc5ccccc54)cc32)c(C)c1C(=O)N1CCN(C)CC1. The van der Waals surface area contributed by atoms with Crippen LogP contribution in [0.25, 0.3) is 11.6 Å². The van der Waals surface area contributed by atoms with Crippen LogP contribution in [0.4, 0.5) is 11.4 Å². The van der Waals surface area contributed by atoms with Crippen LogP contribution in [0.15, 0.2) is 47.4 Å². The van der Waals surface area contributed by atoms with Crippen molar-refractivity contribution in [1.29, 1.82) is 0 Å². The van der Waals surface area contributed by atoms with Crippen molar-refractivity contribution >= 4 is 44.9 Å². The number of benzene rings is 2. The molecule has 3 aromatic rings. The maximum Gasteiger partial charge on any atom is 0.264 e. The van der Waals surface area contributed by atoms with Crippen LogP contribution in [-0.2, 0) is 21.2 Å². The lowest BCUT2D eigenvalue weighted by Gasteiger charge is -2.32. The second kappa shape index (κ2) is 9.39. The Morgan fingerprint density at radius 3 is 2.51 bits per heavy atom. The number of carbonyl (C=O) groups is 2. The molecule has 0 spiro atoms. The largest absolute Gasteiger partial charge is 0.358 e. The number of hydrogen-bond donors (Lipinski definition) is 2. The van der Waals surface area contributed by atoms with Crippen molar-refractivity contribution in [2.24, 2.45) is 0 Å². The lowest BCUT2D eigenvalue weighted by Crippen LogP contribution is -2.47. The van der Waals surface area contributed by atoms with Crippen molar-refractivity contribution in [2.75, 3.05) is 49.4 Å². The topological polar surface area (TPSA) is 106 Å². The molecule has 3 aliphatic rings. The van der Waals surface area contributed by atoms with Crippen molar-refractivity contribution in [3.63, 3.8) is 0 Å². The van der Waals surface area contributed by atoms with Crippen LogP contribution >= 0.6 is 0 Å². The number of aromatic amines is 1. The zero-order valence-corrected chi connectivity index (χ0v) is 23.1. The van der Waals surface area contributed by atoms with Gasteiger partial charge in [-0.15, -0.1) is 0 Å². The molecule has 3 aliphatic heterocycles. The van der Waals surface area contributed by atoms with Crippen LogP contribution < -0.4 is 9.62 Å². The lowest BCUT2D eigenvalue weighted by molar-refractivity contribution is -0.110. The Bertz CT molecular complexity index is 1650. The average molecular weight is 546 g/mol. The Morgan fingerprint density at radius 1 is 1.00 bits per heavy atom. The number of H-pyrrole nitrogens is 1. The van der Waals surface area contributed by atoms with Crippen molar-refractivity contribution in [3.8, 4) is 0 Å². The van der Waals surface area contributed by atoms with Gasteiger partial charge in [0.25, 0.3) is 21.8 Å². The maximum atomic E-state index is 13.6. The summed E-state index contributed by atoms with van der Waals surface area (Å²) in [5.74, 6) is -0.334. The number of amides is 2. The van der Waals surface area contributed by atoms with E-state index in [2.05, 4.69) is 15.2 Å². The van der Waals surface area contributed by atoms with Crippen LogP contribution in [-0.4, -0.2) is 74.8 Å². The van der Waals surface area contributed by atoms with E-state index in [9.17, 15) is 18.0 Å². The second-order valence-electron chi connectivity index (χ2n) is 10.4. The van der Waals surface area contributed by atoms with Gasteiger partial charge in [0, 0.05) is 55.4 Å². The predicted molar refractivity (Wildman–Crippen MR) is 151 cm³/mol. The molecular weight excluding hydrogens is 514 g/mol. The number of likely N-dealkylation sites (N-methyl/N-ethyl adjacent to an activating group) is 1. The van der Waals surface area contributed by atoms with Crippen LogP contribution in [0, 0.1) is 13.8 Å². The molecule has 39 heavy (non-hydrogen) atoms. The molecule has 0 unspecified atom stereocenters. The molecule has 1 fully saturated rings. The summed E-state index contributed by atoms with van der Waals surface area (Å²) in [5.41, 5.74) is 5.91. The summed E-state index contributed by atoms with van der Waals surface area (Å²) in [6.45, 7) is 7.11. The molecule has 10 heteroatoms. The van der Waals surface area contributed by atoms with Crippen molar-refractivity contribution in [2.45, 2.75) is 25.2 Å². The molecule has 2 amide bonds. The minimum absolute atomic E-state index is 0.0189. The fourth-order valence-corrected chi connectivity index (χ4v) is 7.24. The summed E-state index contributed by atoms with van der Waals surface area (Å²) >= 11 is 0. The smallest absolute Gasteiger partial charge is 0.264 e. The predicted octanol–water partition coefficient (Wildman–Crippen LogP) is 3.26. The minimum Gasteiger partial charge on any atom is -0.358 e. The first-order chi connectivity index (χ1) is 18.6. The molecule has 9 nitrogen and oxygen atoms in total. The fourth-order valence-electron chi connectivity index (χ4n) is 5.71. The summed E-state index contributed by atoms with van der Waals surface area (Å²) < 4.78 is 28.7. The number of aryl methyl sites for hydroxylation is 1. The number of piperazine rings is 1. The van der Waals surface area contributed by atoms with Crippen LogP contribution in [0.1, 0.15) is 38.4 Å². The number of aromatic nitrogens is 1. The Hall–Kier alpha value is -3.89. The van der Waals surface area contributed by atoms with Gasteiger partial charge in [-0.2, -0.15) is 0 Å². The van der Waals surface area contributed by atoms with Crippen molar-refractivity contribution < 1.29 is 18.0 Å². The molecule has 0 bridgehead atoms. The average Bonchev–Trinajstić information content (AvgIpc) is 3.57. The lowest BCUT2D eigenvalue weighted by atomic mass is 10.0. The fraction of sp³-hybridized carbons (Fsp3) is 0.310. The number of fused-ring (bicyclic) bond motifs is 2. The molecule has 0 aliphatic carbocycles. The number of hydrogen-bond acceptors (Lipinski definition) is 5. The quantitative estimate of drug-likeness (QED) is 0.490. The highest BCUT2D eigenvalue weighted by Crippen LogP contribution is 2.38. The van der Waals surface area contributed by atoms with Gasteiger partial charge >= 0.3 is 0 Å². The van der Waals surface area contributed by atoms with E-state index in [0.29, 0.717) is 59.8 Å². The number of rotatable bonds is 4. The first-order valence-corrected chi connectivity index (χ1v) is 14.5. The maximum absolute atomic E-state index is 13.6. The van der Waals surface area contributed by atoms with Gasteiger partial charge in [0.2, 0.25) is 0 Å². The Morgan fingerprint density at radius 2 is 1.74 bits per heavy atom. The number of carbonyl (C=O) groups excluding carboxylic acids is 2. The Kier molecular flexibility index (Phi) is 6.11. The van der Waals surface area contributed by atoms with Gasteiger partial charge < -0.3 is 20.1 Å². The molecule has 202 valence electrons. The van der Waals surface area contributed by atoms with E-state index in [1.165, 1.54) is 10.4 Å². The summed E-state index contributed by atoms with van der Waals surface area (Å²) in [6, 6.07) is 12.3. The Balaban J connectivity index is 1.35. The second-order valence-corrected chi connectivity index (χ2v) is 12.3. The third kappa shape index (κ3) is 4.24. The van der Waals surface area contributed by atoms with E-state index in [-0.39, 0.29) is 16.7 Å². The van der Waals surface area contributed by atoms with E-state index >= 15 is 0 Å². The van der Waals surface area contributed by atoms with Crippen molar-refractivity contribution in [3.05, 3.63) is 76.1 Å². The van der Waals surface area contributed by atoms with Gasteiger partial charge in [-0.1, -0.05) is 18.2 Å². The van der Waals surface area contributed by atoms with Crippen LogP contribution in [0.3, 0.4) is 0 Å². The highest BCUT2D eigenvalue weighted by molar-refractivity contribution is 7.92. The molecule has 2 aromatic carbocycles. The molecule has 4 heterocycles. The summed E-state index contributed by atoms with van der Waals surface area (Å²) in [5, 5.41) is 2.84. The third-order valence-electron chi connectivity index (χ3n) is 7.98. The highest BCUT2D eigenvalue weighted by atomic mass is 32.2. The number of sulfonamides is 1. The number of nitrogens with zero attached hydrogens (tertiary/aromatic N) is 3. The molecular formula is C29H31N5O4S. The molecule has 6 rings (SSSR count). The van der Waals surface area contributed by atoms with Gasteiger partial charge in [0.05, 0.1) is 21.7 Å². The van der Waals surface area contributed by atoms with Crippen molar-refractivity contribution in [1.82, 2.24) is 14.8 Å². The van der Waals surface area contributed by atoms with Gasteiger partial charge in [0.1, 0.15) is 0 Å². The van der Waals surface area contributed by atoms with E-state index in [4.69, 9.17) is 0 Å². The highest BCUT2D eigenvalue weighted by Gasteiger charge is 2.33. The number of para-hydroxylation sites is 1. The summed E-state index contributed by atoms with van der Waals surface area (Å²) in [7, 11) is -1.77. The van der Waals surface area contributed by atoms with Gasteiger partial charge in [-0.25, -0.2) is 8.42 Å². The summed E-state index contributed by atoms with van der Waals surface area (Å²) in [6.07, 6.45) is 2.37. The zero-order chi connectivity index (χ0) is 27.5. The van der Waals surface area contributed by atoms with Gasteiger partial charge in [-0.05, 0) is 68.8 Å². The monoisotopic (exact) mass is 545 g/mol. The van der Waals surface area contributed by atoms with Crippen LogP contribution in [0.5, 0.6) is 0 Å². The van der Waals surface area contributed by atoms with E-state index in [1.807, 2.05) is 50.1 Å². The number of anilines is 2. The first kappa shape index (κ1) is 25.4. The number of nitrogens with one attached hydrogen (secondary N) is 2. The van der Waals surface area contributed by atoms with Crippen LogP contribution in [0.2, 0.25) is 0 Å². The molecule has 2 N–H and O–H groups in total. The molecule has 0 saturated carbocycles. The Labute approximate surface area is 228 Å². The zero-order valence-electron chi connectivity index (χ0n) is 22.2. The van der Waals surface area contributed by atoms with Gasteiger partial charge in [0.15, 0.2) is 0 Å². The molecule has 1 saturated heterocycles. The molecule has 1 aromatic heterocycles. The van der Waals surface area contributed by atoms with E-state index < -0.39 is 10.0 Å². The standard InChI is InChI=1S/C29H31N5O4S/c1-18-25(30-19(2)27(18)29(36)33-14-12-32(3)13-15-33)17-23-22-16-21(8-9-24(22)31-28(23)35)39(37,38)34-11-10-20-6-4-5-7-26(20)34/h4-9,16-17,30H,10-15H2,1-3H3,(H,31,35)/b23-17-. The van der Waals surface area contributed by atoms with E-state index in [1.54, 1.807) is 18.2 Å². The molecule has 0 atom stereocenters. The summed E-state index contributed by atoms with van der Waals surface area (Å²) in [4.78, 5) is 33.8. The minimum atomic E-state index is -3.82. The molecule has 0 radical (unpaired) electrons. The third-order valence-corrected chi connectivity index (χ3v) is 9.78. The van der Waals surface area contributed by atoms with E-state index in [0.717, 1.165) is 29.9 Å². The van der Waals surface area contributed by atoms with Gasteiger partial charge in [-0.3, -0.25) is 13.9 Å².